The normalized spacial score (nSPS) is 18.2. The molecule has 0 bridgehead atoms. The summed E-state index contributed by atoms with van der Waals surface area (Å²) in [7, 11) is 2.04. The highest BCUT2D eigenvalue weighted by molar-refractivity contribution is 6.33. The number of likely N-dealkylation sites (N-methyl/N-ethyl adjacent to an activating group) is 1. The number of rotatable bonds is 5. The van der Waals surface area contributed by atoms with Crippen LogP contribution in [0.2, 0.25) is 5.02 Å². The molecule has 4 rings (SSSR count). The standard InChI is InChI=1S/C26H28ClFN6O2/c1-5-18(26(36)34-10-8-33(4)9-11-34)16(3)15(2)12-19-22-23(29-14-30-24(22)32-25(19)35)31-17-6-7-21(28)20(27)13-17/h5-7,12-14H,8-11H2,1-4H3,(H2,29,30,31,32,35)/b16-15+,18-5+,19-12-. The molecule has 1 fully saturated rings. The van der Waals surface area contributed by atoms with Crippen molar-refractivity contribution in [2.45, 2.75) is 20.8 Å². The molecule has 0 radical (unpaired) electrons. The molecule has 0 spiro atoms. The third kappa shape index (κ3) is 5.17. The van der Waals surface area contributed by atoms with Gasteiger partial charge >= 0.3 is 0 Å². The van der Waals surface area contributed by atoms with Gasteiger partial charge in [0.1, 0.15) is 23.8 Å². The van der Waals surface area contributed by atoms with Gasteiger partial charge in [0, 0.05) is 37.4 Å². The van der Waals surface area contributed by atoms with Crippen molar-refractivity contribution >= 4 is 46.3 Å². The fourth-order valence-electron chi connectivity index (χ4n) is 4.18. The molecule has 1 aromatic heterocycles. The van der Waals surface area contributed by atoms with E-state index in [1.807, 2.05) is 38.8 Å². The number of amides is 2. The Labute approximate surface area is 214 Å². The van der Waals surface area contributed by atoms with E-state index in [1.165, 1.54) is 24.5 Å². The topological polar surface area (TPSA) is 90.5 Å². The number of hydrogen-bond acceptors (Lipinski definition) is 6. The second kappa shape index (κ2) is 10.6. The number of halogens is 2. The van der Waals surface area contributed by atoms with Crippen LogP contribution in [-0.4, -0.2) is 64.8 Å². The van der Waals surface area contributed by atoms with Gasteiger partial charge in [-0.1, -0.05) is 17.7 Å². The summed E-state index contributed by atoms with van der Waals surface area (Å²) in [5.74, 6) is -0.143. The van der Waals surface area contributed by atoms with Crippen LogP contribution < -0.4 is 10.6 Å². The largest absolute Gasteiger partial charge is 0.339 e. The van der Waals surface area contributed by atoms with Crippen molar-refractivity contribution < 1.29 is 14.0 Å². The Morgan fingerprint density at radius 2 is 1.92 bits per heavy atom. The Morgan fingerprint density at radius 3 is 2.58 bits per heavy atom. The van der Waals surface area contributed by atoms with E-state index in [4.69, 9.17) is 11.6 Å². The van der Waals surface area contributed by atoms with Gasteiger partial charge in [0.15, 0.2) is 0 Å². The number of allylic oxidation sites excluding steroid dienone is 3. The Morgan fingerprint density at radius 1 is 1.19 bits per heavy atom. The highest BCUT2D eigenvalue weighted by Gasteiger charge is 2.30. The van der Waals surface area contributed by atoms with Crippen LogP contribution in [0.4, 0.5) is 21.7 Å². The first-order chi connectivity index (χ1) is 17.2. The van der Waals surface area contributed by atoms with Crippen LogP contribution in [0.3, 0.4) is 0 Å². The smallest absolute Gasteiger partial charge is 0.257 e. The summed E-state index contributed by atoms with van der Waals surface area (Å²) in [6, 6.07) is 4.22. The number of hydrogen-bond donors (Lipinski definition) is 2. The number of nitrogens with zero attached hydrogens (tertiary/aromatic N) is 4. The number of benzene rings is 1. The van der Waals surface area contributed by atoms with Crippen molar-refractivity contribution in [1.29, 1.82) is 0 Å². The zero-order chi connectivity index (χ0) is 26.0. The molecule has 2 aliphatic rings. The van der Waals surface area contributed by atoms with Crippen LogP contribution in [-0.2, 0) is 9.59 Å². The van der Waals surface area contributed by atoms with Crippen molar-refractivity contribution in [3.05, 3.63) is 69.8 Å². The Kier molecular flexibility index (Phi) is 7.51. The van der Waals surface area contributed by atoms with Crippen molar-refractivity contribution in [2.24, 2.45) is 0 Å². The van der Waals surface area contributed by atoms with E-state index >= 15 is 0 Å². The Bertz CT molecular complexity index is 1310. The molecule has 2 aromatic rings. The number of nitrogens with one attached hydrogen (secondary N) is 2. The molecule has 2 aliphatic heterocycles. The zero-order valence-electron chi connectivity index (χ0n) is 20.7. The van der Waals surface area contributed by atoms with Gasteiger partial charge in [-0.25, -0.2) is 14.4 Å². The minimum absolute atomic E-state index is 0.0176. The summed E-state index contributed by atoms with van der Waals surface area (Å²) in [6.45, 7) is 8.61. The van der Waals surface area contributed by atoms with E-state index in [0.29, 0.717) is 47.1 Å². The number of carbonyl (C=O) groups excluding carboxylic acids is 2. The first-order valence-corrected chi connectivity index (χ1v) is 12.0. The second-order valence-electron chi connectivity index (χ2n) is 8.82. The molecule has 0 aliphatic carbocycles. The summed E-state index contributed by atoms with van der Waals surface area (Å²) >= 11 is 5.91. The fraction of sp³-hybridized carbons (Fsp3) is 0.308. The van der Waals surface area contributed by atoms with Crippen LogP contribution >= 0.6 is 11.6 Å². The van der Waals surface area contributed by atoms with E-state index in [0.717, 1.165) is 24.2 Å². The Balaban J connectivity index is 1.67. The van der Waals surface area contributed by atoms with E-state index in [2.05, 4.69) is 25.5 Å². The van der Waals surface area contributed by atoms with Crippen LogP contribution in [0.15, 0.2) is 53.4 Å². The number of piperazine rings is 1. The summed E-state index contributed by atoms with van der Waals surface area (Å²) in [5, 5.41) is 5.82. The van der Waals surface area contributed by atoms with Gasteiger partial charge in [0.2, 0.25) is 0 Å². The zero-order valence-corrected chi connectivity index (χ0v) is 21.4. The summed E-state index contributed by atoms with van der Waals surface area (Å²) < 4.78 is 13.6. The van der Waals surface area contributed by atoms with Crippen molar-refractivity contribution in [1.82, 2.24) is 19.8 Å². The SMILES string of the molecule is C\C=C(C(=O)N1CCN(C)CC1)/C(C)=C(C)/C=C1\C(=O)Nc2ncnc(Nc3ccc(F)c(Cl)c3)c21. The average molecular weight is 511 g/mol. The predicted molar refractivity (Wildman–Crippen MR) is 140 cm³/mol. The van der Waals surface area contributed by atoms with Crippen LogP contribution in [0.5, 0.6) is 0 Å². The molecule has 10 heteroatoms. The average Bonchev–Trinajstić information content (AvgIpc) is 3.17. The van der Waals surface area contributed by atoms with E-state index in [-0.39, 0.29) is 16.8 Å². The molecule has 0 saturated carbocycles. The lowest BCUT2D eigenvalue weighted by molar-refractivity contribution is -0.128. The summed E-state index contributed by atoms with van der Waals surface area (Å²) in [4.78, 5) is 38.7. The Hall–Kier alpha value is -3.56. The lowest BCUT2D eigenvalue weighted by atomic mass is 9.97. The van der Waals surface area contributed by atoms with Crippen LogP contribution in [0, 0.1) is 5.82 Å². The molecule has 3 heterocycles. The molecule has 0 atom stereocenters. The van der Waals surface area contributed by atoms with Crippen molar-refractivity contribution in [3.63, 3.8) is 0 Å². The number of anilines is 3. The maximum Gasteiger partial charge on any atom is 0.257 e. The van der Waals surface area contributed by atoms with Gasteiger partial charge in [-0.2, -0.15) is 0 Å². The third-order valence-electron chi connectivity index (χ3n) is 6.44. The number of aromatic nitrogens is 2. The van der Waals surface area contributed by atoms with Crippen LogP contribution in [0.1, 0.15) is 26.3 Å². The molecule has 0 unspecified atom stereocenters. The molecule has 188 valence electrons. The highest BCUT2D eigenvalue weighted by atomic mass is 35.5. The molecule has 8 nitrogen and oxygen atoms in total. The number of fused-ring (bicyclic) bond motifs is 1. The lowest BCUT2D eigenvalue weighted by Crippen LogP contribution is -2.47. The first-order valence-electron chi connectivity index (χ1n) is 11.6. The monoisotopic (exact) mass is 510 g/mol. The molecule has 2 amide bonds. The minimum Gasteiger partial charge on any atom is -0.339 e. The fourth-order valence-corrected chi connectivity index (χ4v) is 4.36. The van der Waals surface area contributed by atoms with Gasteiger partial charge in [0.25, 0.3) is 11.8 Å². The number of carbonyl (C=O) groups is 2. The summed E-state index contributed by atoms with van der Waals surface area (Å²) in [6.07, 6.45) is 4.88. The molecule has 1 aromatic carbocycles. The van der Waals surface area contributed by atoms with Gasteiger partial charge in [-0.05, 0) is 63.2 Å². The summed E-state index contributed by atoms with van der Waals surface area (Å²) in [5.41, 5.74) is 3.52. The van der Waals surface area contributed by atoms with Gasteiger partial charge in [0.05, 0.1) is 16.2 Å². The lowest BCUT2D eigenvalue weighted by Gasteiger charge is -2.33. The van der Waals surface area contributed by atoms with Crippen molar-refractivity contribution in [2.75, 3.05) is 43.9 Å². The molecule has 1 saturated heterocycles. The maximum atomic E-state index is 13.6. The third-order valence-corrected chi connectivity index (χ3v) is 6.73. The van der Waals surface area contributed by atoms with Gasteiger partial charge in [-0.3, -0.25) is 9.59 Å². The first kappa shape index (κ1) is 25.5. The molecular weight excluding hydrogens is 483 g/mol. The van der Waals surface area contributed by atoms with E-state index in [1.54, 1.807) is 6.08 Å². The quantitative estimate of drug-likeness (QED) is 0.457. The van der Waals surface area contributed by atoms with Gasteiger partial charge in [-0.15, -0.1) is 0 Å². The molecular formula is C26H28ClFN6O2. The molecule has 2 N–H and O–H groups in total. The minimum atomic E-state index is -0.533. The molecule has 36 heavy (non-hydrogen) atoms. The van der Waals surface area contributed by atoms with Crippen LogP contribution in [0.25, 0.3) is 5.57 Å². The maximum absolute atomic E-state index is 13.6. The second-order valence-corrected chi connectivity index (χ2v) is 9.22. The van der Waals surface area contributed by atoms with Crippen molar-refractivity contribution in [3.8, 4) is 0 Å². The van der Waals surface area contributed by atoms with E-state index in [9.17, 15) is 14.0 Å². The van der Waals surface area contributed by atoms with Gasteiger partial charge < -0.3 is 20.4 Å². The van der Waals surface area contributed by atoms with E-state index < -0.39 is 5.82 Å². The predicted octanol–water partition coefficient (Wildman–Crippen LogP) is 4.40. The highest BCUT2D eigenvalue weighted by Crippen LogP contribution is 2.37.